The standard InChI is InChI=1S/C12H20N2O2/c1-3-14-7-6-13-11(14)8-10(15)12(16-2)9-4-5-9/h6-7,9-10,12,15H,3-5,8H2,1-2H3. The van der Waals surface area contributed by atoms with Gasteiger partial charge in [-0.1, -0.05) is 0 Å². The van der Waals surface area contributed by atoms with Crippen LogP contribution in [0, 0.1) is 5.92 Å². The summed E-state index contributed by atoms with van der Waals surface area (Å²) in [5.74, 6) is 1.49. The van der Waals surface area contributed by atoms with Crippen molar-refractivity contribution in [1.29, 1.82) is 0 Å². The largest absolute Gasteiger partial charge is 0.390 e. The Morgan fingerprint density at radius 2 is 2.38 bits per heavy atom. The quantitative estimate of drug-likeness (QED) is 0.790. The topological polar surface area (TPSA) is 47.3 Å². The Labute approximate surface area is 96.3 Å². The molecule has 1 aliphatic carbocycles. The van der Waals surface area contributed by atoms with Gasteiger partial charge < -0.3 is 14.4 Å². The molecular formula is C12H20N2O2. The van der Waals surface area contributed by atoms with E-state index in [1.165, 1.54) is 12.8 Å². The van der Waals surface area contributed by atoms with Gasteiger partial charge in [-0.25, -0.2) is 4.98 Å². The number of hydrogen-bond donors (Lipinski definition) is 1. The van der Waals surface area contributed by atoms with Crippen molar-refractivity contribution in [2.24, 2.45) is 5.92 Å². The molecule has 1 heterocycles. The zero-order valence-electron chi connectivity index (χ0n) is 9.97. The van der Waals surface area contributed by atoms with Crippen molar-refractivity contribution >= 4 is 0 Å². The van der Waals surface area contributed by atoms with Crippen molar-refractivity contribution < 1.29 is 9.84 Å². The van der Waals surface area contributed by atoms with Crippen molar-refractivity contribution in [2.75, 3.05) is 7.11 Å². The minimum Gasteiger partial charge on any atom is -0.390 e. The van der Waals surface area contributed by atoms with Crippen LogP contribution < -0.4 is 0 Å². The molecule has 1 aromatic rings. The number of aryl methyl sites for hydroxylation is 1. The molecule has 2 unspecified atom stereocenters. The zero-order valence-corrected chi connectivity index (χ0v) is 9.97. The van der Waals surface area contributed by atoms with Crippen molar-refractivity contribution in [2.45, 2.75) is 44.9 Å². The first kappa shape index (κ1) is 11.6. The lowest BCUT2D eigenvalue weighted by molar-refractivity contribution is -0.0249. The molecule has 4 heteroatoms. The lowest BCUT2D eigenvalue weighted by Crippen LogP contribution is -2.32. The van der Waals surface area contributed by atoms with Crippen LogP contribution in [-0.4, -0.2) is 34.0 Å². The van der Waals surface area contributed by atoms with Gasteiger partial charge in [0.05, 0.1) is 12.2 Å². The maximum Gasteiger partial charge on any atom is 0.111 e. The summed E-state index contributed by atoms with van der Waals surface area (Å²) in [4.78, 5) is 4.27. The fourth-order valence-corrected chi connectivity index (χ4v) is 2.21. The number of nitrogens with zero attached hydrogens (tertiary/aromatic N) is 2. The zero-order chi connectivity index (χ0) is 11.5. The van der Waals surface area contributed by atoms with Crippen molar-refractivity contribution in [3.05, 3.63) is 18.2 Å². The molecule has 0 amide bonds. The highest BCUT2D eigenvalue weighted by Crippen LogP contribution is 2.36. The van der Waals surface area contributed by atoms with E-state index in [1.54, 1.807) is 13.3 Å². The van der Waals surface area contributed by atoms with Gasteiger partial charge in [-0.2, -0.15) is 0 Å². The highest BCUT2D eigenvalue weighted by atomic mass is 16.5. The van der Waals surface area contributed by atoms with E-state index in [9.17, 15) is 5.11 Å². The fourth-order valence-electron chi connectivity index (χ4n) is 2.21. The second kappa shape index (κ2) is 4.97. The Morgan fingerprint density at radius 1 is 1.62 bits per heavy atom. The van der Waals surface area contributed by atoms with E-state index in [0.717, 1.165) is 12.4 Å². The molecule has 1 N–H and O–H groups in total. The third-order valence-electron chi connectivity index (χ3n) is 3.27. The van der Waals surface area contributed by atoms with E-state index in [2.05, 4.69) is 16.5 Å². The number of rotatable bonds is 6. The highest BCUT2D eigenvalue weighted by molar-refractivity contribution is 4.97. The number of methoxy groups -OCH3 is 1. The van der Waals surface area contributed by atoms with Crippen molar-refractivity contribution in [3.8, 4) is 0 Å². The van der Waals surface area contributed by atoms with Crippen LogP contribution in [0.15, 0.2) is 12.4 Å². The maximum atomic E-state index is 10.1. The first-order chi connectivity index (χ1) is 7.76. The van der Waals surface area contributed by atoms with E-state index in [4.69, 9.17) is 4.74 Å². The summed E-state index contributed by atoms with van der Waals surface area (Å²) in [6.45, 7) is 2.97. The molecule has 0 spiro atoms. The first-order valence-corrected chi connectivity index (χ1v) is 5.97. The number of aliphatic hydroxyl groups is 1. The van der Waals surface area contributed by atoms with Crippen LogP contribution in [0.25, 0.3) is 0 Å². The number of imidazole rings is 1. The smallest absolute Gasteiger partial charge is 0.111 e. The normalized spacial score (nSPS) is 19.7. The molecule has 0 bridgehead atoms. The van der Waals surface area contributed by atoms with Gasteiger partial charge in [0.1, 0.15) is 5.82 Å². The van der Waals surface area contributed by atoms with Gasteiger partial charge >= 0.3 is 0 Å². The van der Waals surface area contributed by atoms with Gasteiger partial charge in [0.2, 0.25) is 0 Å². The molecule has 4 nitrogen and oxygen atoms in total. The van der Waals surface area contributed by atoms with Crippen molar-refractivity contribution in [1.82, 2.24) is 9.55 Å². The average Bonchev–Trinajstić information content (AvgIpc) is 3.00. The van der Waals surface area contributed by atoms with Gasteiger partial charge in [0.15, 0.2) is 0 Å². The summed E-state index contributed by atoms with van der Waals surface area (Å²) in [6, 6.07) is 0. The molecule has 0 aromatic carbocycles. The number of aliphatic hydroxyl groups excluding tert-OH is 1. The van der Waals surface area contributed by atoms with Gasteiger partial charge in [-0.3, -0.25) is 0 Å². The maximum absolute atomic E-state index is 10.1. The molecule has 2 atom stereocenters. The number of aromatic nitrogens is 2. The third kappa shape index (κ3) is 2.44. The van der Waals surface area contributed by atoms with E-state index in [-0.39, 0.29) is 6.10 Å². The molecule has 1 fully saturated rings. The Balaban J connectivity index is 1.97. The SMILES string of the molecule is CCn1ccnc1CC(O)C(OC)C1CC1. The van der Waals surface area contributed by atoms with E-state index in [0.29, 0.717) is 12.3 Å². The monoisotopic (exact) mass is 224 g/mol. The van der Waals surface area contributed by atoms with E-state index >= 15 is 0 Å². The summed E-state index contributed by atoms with van der Waals surface area (Å²) >= 11 is 0. The number of hydrogen-bond acceptors (Lipinski definition) is 3. The lowest BCUT2D eigenvalue weighted by atomic mass is 10.1. The van der Waals surface area contributed by atoms with Crippen LogP contribution >= 0.6 is 0 Å². The Hall–Kier alpha value is -0.870. The lowest BCUT2D eigenvalue weighted by Gasteiger charge is -2.21. The Morgan fingerprint density at radius 3 is 2.94 bits per heavy atom. The highest BCUT2D eigenvalue weighted by Gasteiger charge is 2.36. The minimum atomic E-state index is -0.440. The molecule has 1 aliphatic rings. The van der Waals surface area contributed by atoms with Crippen LogP contribution in [0.2, 0.25) is 0 Å². The molecule has 1 saturated carbocycles. The molecule has 0 aliphatic heterocycles. The second-order valence-corrected chi connectivity index (χ2v) is 4.44. The minimum absolute atomic E-state index is 0.0259. The molecule has 90 valence electrons. The van der Waals surface area contributed by atoms with Gasteiger partial charge in [0, 0.05) is 32.5 Å². The van der Waals surface area contributed by atoms with Crippen LogP contribution in [0.3, 0.4) is 0 Å². The summed E-state index contributed by atoms with van der Waals surface area (Å²) in [5, 5.41) is 10.1. The van der Waals surface area contributed by atoms with Gasteiger partial charge in [-0.15, -0.1) is 0 Å². The van der Waals surface area contributed by atoms with Crippen LogP contribution in [0.5, 0.6) is 0 Å². The Kier molecular flexibility index (Phi) is 3.61. The van der Waals surface area contributed by atoms with Gasteiger partial charge in [-0.05, 0) is 25.7 Å². The fraction of sp³-hybridized carbons (Fsp3) is 0.750. The van der Waals surface area contributed by atoms with Crippen LogP contribution in [0.1, 0.15) is 25.6 Å². The average molecular weight is 224 g/mol. The molecule has 1 aromatic heterocycles. The van der Waals surface area contributed by atoms with Crippen LogP contribution in [-0.2, 0) is 17.7 Å². The predicted molar refractivity (Wildman–Crippen MR) is 61.1 cm³/mol. The predicted octanol–water partition coefficient (Wildman–Crippen LogP) is 1.23. The summed E-state index contributed by atoms with van der Waals surface area (Å²) < 4.78 is 7.43. The molecular weight excluding hydrogens is 204 g/mol. The molecule has 2 rings (SSSR count). The molecule has 0 saturated heterocycles. The molecule has 0 radical (unpaired) electrons. The molecule has 16 heavy (non-hydrogen) atoms. The van der Waals surface area contributed by atoms with E-state index < -0.39 is 6.10 Å². The van der Waals surface area contributed by atoms with E-state index in [1.807, 2.05) is 6.20 Å². The van der Waals surface area contributed by atoms with Gasteiger partial charge in [0.25, 0.3) is 0 Å². The summed E-state index contributed by atoms with van der Waals surface area (Å²) in [7, 11) is 1.68. The van der Waals surface area contributed by atoms with Crippen LogP contribution in [0.4, 0.5) is 0 Å². The third-order valence-corrected chi connectivity index (χ3v) is 3.27. The second-order valence-electron chi connectivity index (χ2n) is 4.44. The first-order valence-electron chi connectivity index (χ1n) is 5.97. The van der Waals surface area contributed by atoms with Crippen molar-refractivity contribution in [3.63, 3.8) is 0 Å². The Bertz CT molecular complexity index is 334. The summed E-state index contributed by atoms with van der Waals surface area (Å²) in [5.41, 5.74) is 0. The number of ether oxygens (including phenoxy) is 1. The summed E-state index contributed by atoms with van der Waals surface area (Å²) in [6.07, 6.45) is 6.20.